The van der Waals surface area contributed by atoms with Crippen LogP contribution in [0, 0.1) is 17.1 Å². The number of hydrogen-bond donors (Lipinski definition) is 3. The first kappa shape index (κ1) is 51.0. The average Bonchev–Trinajstić information content (AvgIpc) is 3.99. The van der Waals surface area contributed by atoms with Crippen LogP contribution in [0.3, 0.4) is 0 Å². The lowest BCUT2D eigenvalue weighted by atomic mass is 10.0. The quantitative estimate of drug-likeness (QED) is 0.0778. The van der Waals surface area contributed by atoms with Gasteiger partial charge in [0.05, 0.1) is 48.0 Å². The summed E-state index contributed by atoms with van der Waals surface area (Å²) >= 11 is 13.1. The topological polar surface area (TPSA) is 206 Å². The first-order valence-electron chi connectivity index (χ1n) is 24.9. The van der Waals surface area contributed by atoms with Gasteiger partial charge in [0, 0.05) is 89.1 Å². The van der Waals surface area contributed by atoms with Crippen LogP contribution >= 0.6 is 23.2 Å². The lowest BCUT2D eigenvalue weighted by molar-refractivity contribution is -0.137. The highest BCUT2D eigenvalue weighted by Crippen LogP contribution is 2.38. The summed E-state index contributed by atoms with van der Waals surface area (Å²) < 4.78 is 28.3. The zero-order valence-corrected chi connectivity index (χ0v) is 42.7. The number of fused-ring (bicyclic) bond motifs is 3. The van der Waals surface area contributed by atoms with Gasteiger partial charge in [-0.2, -0.15) is 15.2 Å². The molecular formula is C54H54Cl2FN11O7. The van der Waals surface area contributed by atoms with Gasteiger partial charge < -0.3 is 44.6 Å². The molecule has 0 radical (unpaired) electrons. The van der Waals surface area contributed by atoms with Crippen LogP contribution in [0.1, 0.15) is 64.8 Å². The van der Waals surface area contributed by atoms with Crippen LogP contribution in [0.2, 0.25) is 10.0 Å². The molecule has 6 heterocycles. The van der Waals surface area contributed by atoms with Gasteiger partial charge in [0.1, 0.15) is 36.6 Å². The number of piperidine rings is 1. The van der Waals surface area contributed by atoms with Crippen molar-refractivity contribution in [3.63, 3.8) is 0 Å². The lowest BCUT2D eigenvalue weighted by Gasteiger charge is -2.42. The van der Waals surface area contributed by atoms with Crippen molar-refractivity contribution >= 4 is 80.8 Å². The molecule has 75 heavy (non-hydrogen) atoms. The number of aromatic nitrogens is 2. The highest BCUT2D eigenvalue weighted by molar-refractivity contribution is 6.36. The minimum Gasteiger partial charge on any atom is -0.487 e. The number of likely N-dealkylation sites (tertiary alicyclic amines) is 1. The molecule has 1 aromatic heterocycles. The fourth-order valence-corrected chi connectivity index (χ4v) is 11.2. The molecule has 3 atom stereocenters. The van der Waals surface area contributed by atoms with Crippen molar-refractivity contribution in [3.05, 3.63) is 123 Å². The van der Waals surface area contributed by atoms with Crippen LogP contribution in [-0.4, -0.2) is 125 Å². The predicted octanol–water partition coefficient (Wildman–Crippen LogP) is 6.76. The summed E-state index contributed by atoms with van der Waals surface area (Å²) in [6.07, 6.45) is 3.00. The van der Waals surface area contributed by atoms with E-state index >= 15 is 4.39 Å². The van der Waals surface area contributed by atoms with Crippen LogP contribution < -0.4 is 35.2 Å². The summed E-state index contributed by atoms with van der Waals surface area (Å²) in [5.41, 5.74) is 3.42. The molecule has 5 aliphatic heterocycles. The minimum absolute atomic E-state index is 0.0469. The zero-order valence-electron chi connectivity index (χ0n) is 41.2. The number of carbonyl (C=O) groups is 5. The van der Waals surface area contributed by atoms with E-state index in [2.05, 4.69) is 68.5 Å². The summed E-state index contributed by atoms with van der Waals surface area (Å²) in [5, 5.41) is 20.6. The van der Waals surface area contributed by atoms with Crippen LogP contribution in [0.15, 0.2) is 78.9 Å². The van der Waals surface area contributed by atoms with Gasteiger partial charge in [-0.25, -0.2) is 9.18 Å². The number of anilines is 3. The molecule has 5 aliphatic rings. The molecule has 3 N–H and O–H groups in total. The van der Waals surface area contributed by atoms with E-state index in [0.29, 0.717) is 44.2 Å². The number of piperazine rings is 1. The maximum absolute atomic E-state index is 15.8. The number of imide groups is 1. The third-order valence-corrected chi connectivity index (χ3v) is 15.3. The Labute approximate surface area is 442 Å². The smallest absolute Gasteiger partial charge is 0.319 e. The maximum atomic E-state index is 15.8. The fourth-order valence-electron chi connectivity index (χ4n) is 10.7. The van der Waals surface area contributed by atoms with Gasteiger partial charge in [0.25, 0.3) is 11.8 Å². The van der Waals surface area contributed by atoms with E-state index in [1.165, 1.54) is 29.2 Å². The Morgan fingerprint density at radius 3 is 2.55 bits per heavy atom. The van der Waals surface area contributed by atoms with Gasteiger partial charge in [-0.3, -0.25) is 24.5 Å². The molecule has 388 valence electrons. The molecule has 3 saturated heterocycles. The van der Waals surface area contributed by atoms with E-state index in [9.17, 15) is 29.2 Å². The van der Waals surface area contributed by atoms with Gasteiger partial charge >= 0.3 is 12.0 Å². The molecule has 0 saturated carbocycles. The van der Waals surface area contributed by atoms with Gasteiger partial charge in [-0.15, -0.1) is 0 Å². The third-order valence-electron chi connectivity index (χ3n) is 14.7. The summed E-state index contributed by atoms with van der Waals surface area (Å²) in [6, 6.07) is 20.1. The van der Waals surface area contributed by atoms with Crippen molar-refractivity contribution in [1.82, 2.24) is 35.3 Å². The summed E-state index contributed by atoms with van der Waals surface area (Å²) in [7, 11) is 2.10. The molecule has 0 spiro atoms. The molecule has 0 aliphatic carbocycles. The number of nitriles is 1. The molecule has 1 unspecified atom stereocenters. The number of amides is 6. The van der Waals surface area contributed by atoms with Crippen molar-refractivity contribution in [2.45, 2.75) is 76.3 Å². The summed E-state index contributed by atoms with van der Waals surface area (Å²) in [4.78, 5) is 84.4. The number of nitrogens with one attached hydrogen (secondary N) is 3. The van der Waals surface area contributed by atoms with Crippen molar-refractivity contribution in [2.24, 2.45) is 0 Å². The Balaban J connectivity index is 0.790. The van der Waals surface area contributed by atoms with E-state index in [0.717, 1.165) is 52.9 Å². The number of urea groups is 1. The molecule has 0 bridgehead atoms. The van der Waals surface area contributed by atoms with Gasteiger partial charge in [0.15, 0.2) is 0 Å². The lowest BCUT2D eigenvalue weighted by Crippen LogP contribution is -2.56. The highest BCUT2D eigenvalue weighted by Gasteiger charge is 2.41. The van der Waals surface area contributed by atoms with E-state index in [1.807, 2.05) is 18.2 Å². The van der Waals surface area contributed by atoms with Gasteiger partial charge in [0.2, 0.25) is 11.8 Å². The van der Waals surface area contributed by atoms with Crippen molar-refractivity contribution in [1.29, 1.82) is 5.26 Å². The number of hydrogen-bond acceptors (Lipinski definition) is 13. The monoisotopic (exact) mass is 1060 g/mol. The Hall–Kier alpha value is -7.53. The molecule has 5 aromatic rings. The van der Waals surface area contributed by atoms with E-state index in [1.54, 1.807) is 11.0 Å². The molecule has 18 nitrogen and oxygen atoms in total. The Bertz CT molecular complexity index is 3190. The second-order valence-corrected chi connectivity index (χ2v) is 20.2. The first-order valence-corrected chi connectivity index (χ1v) is 25.7. The fraction of sp³-hybridized carbons (Fsp3) is 0.370. The van der Waals surface area contributed by atoms with E-state index in [4.69, 9.17) is 42.6 Å². The summed E-state index contributed by atoms with van der Waals surface area (Å²) in [5.74, 6) is -1.75. The highest BCUT2D eigenvalue weighted by atomic mass is 35.5. The Morgan fingerprint density at radius 1 is 0.933 bits per heavy atom. The van der Waals surface area contributed by atoms with Crippen LogP contribution in [0.4, 0.5) is 26.4 Å². The van der Waals surface area contributed by atoms with E-state index in [-0.39, 0.29) is 96.3 Å². The van der Waals surface area contributed by atoms with Crippen molar-refractivity contribution < 1.29 is 37.8 Å². The average molecular weight is 1060 g/mol. The number of halogens is 3. The number of carbonyl (C=O) groups excluding carboxylic acids is 5. The normalized spacial score (nSPS) is 19.6. The first-order chi connectivity index (χ1) is 36.2. The van der Waals surface area contributed by atoms with Crippen LogP contribution in [0.25, 0.3) is 10.8 Å². The van der Waals surface area contributed by atoms with Crippen molar-refractivity contribution in [2.75, 3.05) is 68.1 Å². The minimum atomic E-state index is -0.905. The zero-order chi connectivity index (χ0) is 52.5. The third kappa shape index (κ3) is 10.6. The molecule has 3 fully saturated rings. The SMILES string of the molecule is C=C(COc1ccc(Cl)cc1NC(=O)NCc1ccc2c(c1F)CN(C1CCC(=O)NC1=O)C2=O)C(=O)N1CCN(c2nc(OC[C@@H]3CCCN3C)nc3c2CCN(c2cccc4cccc(Cl)c24)C3)C[C@@H]1CC#N. The standard InChI is InChI=1S/C54H54Cl2FN11O7/c1-31(29-74-45-15-12-34(55)24-41(45)60-53(73)59-25-33-11-13-37-39(48(33)57)27-68(52(37)72)44-14-16-46(69)62-50(44)70)51(71)67-23-22-66(26-35(67)17-19-58)49-38-18-21-65(43-10-4-7-32-6-3-9-40(56)47(32)43)28-42(38)61-54(63-49)75-30-36-8-5-20-64(36)2/h3-4,6-7,9-13,15,24,35-36,44H,1,5,8,14,16-18,20-23,25-30H2,2H3,(H2,59,60,73)(H,62,69,70)/t35-,36-,44?/m0/s1. The van der Waals surface area contributed by atoms with Crippen LogP contribution in [0.5, 0.6) is 11.8 Å². The van der Waals surface area contributed by atoms with Gasteiger partial charge in [-0.1, -0.05) is 60.1 Å². The molecule has 6 amide bonds. The molecule has 4 aromatic carbocycles. The summed E-state index contributed by atoms with van der Waals surface area (Å²) in [6.45, 7) is 7.00. The largest absolute Gasteiger partial charge is 0.487 e. The molecule has 21 heteroatoms. The maximum Gasteiger partial charge on any atom is 0.319 e. The predicted molar refractivity (Wildman–Crippen MR) is 279 cm³/mol. The number of ether oxygens (including phenoxy) is 2. The molecular weight excluding hydrogens is 1000 g/mol. The number of nitrogens with zero attached hydrogens (tertiary/aromatic N) is 8. The van der Waals surface area contributed by atoms with Gasteiger partial charge in [-0.05, 0) is 81.1 Å². The Morgan fingerprint density at radius 2 is 1.76 bits per heavy atom. The number of likely N-dealkylation sites (N-methyl/N-ethyl adjacent to an activating group) is 1. The number of benzene rings is 4. The van der Waals surface area contributed by atoms with E-state index < -0.39 is 47.6 Å². The van der Waals surface area contributed by atoms with Crippen LogP contribution in [-0.2, 0) is 40.4 Å². The Kier molecular flexibility index (Phi) is 14.8. The van der Waals surface area contributed by atoms with Crippen molar-refractivity contribution in [3.8, 4) is 17.8 Å². The number of rotatable bonds is 14. The second kappa shape index (κ2) is 21.7. The second-order valence-electron chi connectivity index (χ2n) is 19.4. The molecule has 10 rings (SSSR count).